The van der Waals surface area contributed by atoms with Crippen molar-refractivity contribution in [1.82, 2.24) is 0 Å². The fourth-order valence-electron chi connectivity index (χ4n) is 6.31. The third-order valence-corrected chi connectivity index (χ3v) is 8.64. The van der Waals surface area contributed by atoms with E-state index in [2.05, 4.69) is 161 Å². The largest absolute Gasteiger partial charge is 0.0798 e. The molecule has 0 aliphatic heterocycles. The second-order valence-electron chi connectivity index (χ2n) is 11.2. The van der Waals surface area contributed by atoms with Gasteiger partial charge in [0.25, 0.3) is 0 Å². The van der Waals surface area contributed by atoms with Crippen LogP contribution in [-0.2, 0) is 12.8 Å². The summed E-state index contributed by atoms with van der Waals surface area (Å²) in [4.78, 5) is 0. The number of aryl methyl sites for hydroxylation is 2. The molecule has 0 atom stereocenters. The van der Waals surface area contributed by atoms with Crippen LogP contribution in [0.1, 0.15) is 48.6 Å². The van der Waals surface area contributed by atoms with E-state index in [4.69, 9.17) is 0 Å². The predicted molar refractivity (Wildman–Crippen MR) is 185 cm³/mol. The molecule has 0 aliphatic rings. The normalized spacial score (nSPS) is 12.9. The van der Waals surface area contributed by atoms with Gasteiger partial charge in [-0.05, 0) is 116 Å². The first-order valence-corrected chi connectivity index (χ1v) is 15.1. The van der Waals surface area contributed by atoms with Crippen molar-refractivity contribution in [2.24, 2.45) is 0 Å². The number of hydrogen-bond donors (Lipinski definition) is 0. The van der Waals surface area contributed by atoms with E-state index in [0.29, 0.717) is 0 Å². The van der Waals surface area contributed by atoms with Crippen LogP contribution >= 0.6 is 0 Å². The molecule has 6 aromatic rings. The zero-order valence-corrected chi connectivity index (χ0v) is 25.1. The van der Waals surface area contributed by atoms with E-state index in [1.807, 2.05) is 0 Å². The van der Waals surface area contributed by atoms with Gasteiger partial charge in [-0.15, -0.1) is 0 Å². The van der Waals surface area contributed by atoms with Gasteiger partial charge in [0.2, 0.25) is 0 Å². The molecule has 0 fully saturated rings. The predicted octanol–water partition coefficient (Wildman–Crippen LogP) is 9.91. The first-order chi connectivity index (χ1) is 20.6. The highest BCUT2D eigenvalue weighted by molar-refractivity contribution is 6.15. The Hall–Kier alpha value is -4.68. The first-order valence-electron chi connectivity index (χ1n) is 15.1. The van der Waals surface area contributed by atoms with Crippen molar-refractivity contribution in [1.29, 1.82) is 0 Å². The van der Waals surface area contributed by atoms with E-state index in [0.717, 1.165) is 12.8 Å². The molecule has 0 nitrogen and oxygen atoms in total. The van der Waals surface area contributed by atoms with Gasteiger partial charge >= 0.3 is 0 Å². The Bertz CT molecular complexity index is 2070. The van der Waals surface area contributed by atoms with Crippen LogP contribution in [0.2, 0.25) is 0 Å². The topological polar surface area (TPSA) is 0 Å². The maximum absolute atomic E-state index is 2.41. The van der Waals surface area contributed by atoms with Crippen molar-refractivity contribution in [2.75, 3.05) is 0 Å². The summed E-state index contributed by atoms with van der Waals surface area (Å²) < 4.78 is 0. The number of allylic oxidation sites excluding steroid dienone is 1. The van der Waals surface area contributed by atoms with Gasteiger partial charge in [0.15, 0.2) is 0 Å². The lowest BCUT2D eigenvalue weighted by Crippen LogP contribution is -2.23. The van der Waals surface area contributed by atoms with E-state index < -0.39 is 0 Å². The SMILES string of the molecule is C/C=c1/cccc/c1=C/Cc1cccc(-c2c3ccccc3c(C)c3ccc(/C(C)=C/c4ccccc4CC)cc23)c1. The van der Waals surface area contributed by atoms with Crippen LogP contribution in [0.3, 0.4) is 0 Å². The lowest BCUT2D eigenvalue weighted by Gasteiger charge is -2.17. The first kappa shape index (κ1) is 27.5. The summed E-state index contributed by atoms with van der Waals surface area (Å²) in [5.41, 5.74) is 10.5. The molecule has 0 N–H and O–H groups in total. The molecule has 0 amide bonds. The molecule has 0 heteroatoms. The summed E-state index contributed by atoms with van der Waals surface area (Å²) in [6, 6.07) is 42.4. The Labute approximate surface area is 250 Å². The van der Waals surface area contributed by atoms with Crippen LogP contribution in [0, 0.1) is 6.92 Å². The highest BCUT2D eigenvalue weighted by atomic mass is 14.2. The molecule has 6 aromatic carbocycles. The maximum atomic E-state index is 2.41. The Kier molecular flexibility index (Phi) is 7.89. The standard InChI is InChI=1S/C42H38/c1-5-32-15-7-9-17-34(32)23-22-31-14-13-19-37(27-31)42-40-21-12-11-20-38(40)30(4)39-25-24-35(28-41(39)42)29(3)26-36-18-10-8-16-33(36)6-2/h5,7-21,23-28H,6,22H2,1-4H3/b29-26+,32-5-,34-23-. The lowest BCUT2D eigenvalue weighted by molar-refractivity contribution is 1.13. The second-order valence-corrected chi connectivity index (χ2v) is 11.2. The van der Waals surface area contributed by atoms with Crippen molar-refractivity contribution in [3.05, 3.63) is 154 Å². The van der Waals surface area contributed by atoms with Gasteiger partial charge in [-0.25, -0.2) is 0 Å². The molecule has 0 radical (unpaired) electrons. The molecule has 0 saturated carbocycles. The zero-order valence-electron chi connectivity index (χ0n) is 25.1. The van der Waals surface area contributed by atoms with Crippen molar-refractivity contribution >= 4 is 45.3 Å². The van der Waals surface area contributed by atoms with Gasteiger partial charge in [-0.3, -0.25) is 0 Å². The number of hydrogen-bond acceptors (Lipinski definition) is 0. The molecule has 6 rings (SSSR count). The van der Waals surface area contributed by atoms with Crippen molar-refractivity contribution in [2.45, 2.75) is 40.5 Å². The molecular weight excluding hydrogens is 504 g/mol. The van der Waals surface area contributed by atoms with Gasteiger partial charge in [-0.1, -0.05) is 134 Å². The fourth-order valence-corrected chi connectivity index (χ4v) is 6.31. The summed E-state index contributed by atoms with van der Waals surface area (Å²) in [5.74, 6) is 0. The minimum atomic E-state index is 0.893. The molecule has 0 spiro atoms. The van der Waals surface area contributed by atoms with Crippen LogP contribution in [0.5, 0.6) is 0 Å². The molecule has 0 unspecified atom stereocenters. The highest BCUT2D eigenvalue weighted by Gasteiger charge is 2.14. The average molecular weight is 543 g/mol. The molecule has 0 bridgehead atoms. The Balaban J connectivity index is 1.53. The van der Waals surface area contributed by atoms with E-state index >= 15 is 0 Å². The van der Waals surface area contributed by atoms with Gasteiger partial charge in [0.05, 0.1) is 0 Å². The molecule has 0 aliphatic carbocycles. The van der Waals surface area contributed by atoms with Crippen LogP contribution < -0.4 is 10.4 Å². The Morgan fingerprint density at radius 3 is 2.19 bits per heavy atom. The van der Waals surface area contributed by atoms with Crippen molar-refractivity contribution in [3.63, 3.8) is 0 Å². The number of benzene rings is 6. The van der Waals surface area contributed by atoms with Crippen molar-refractivity contribution in [3.8, 4) is 11.1 Å². The highest BCUT2D eigenvalue weighted by Crippen LogP contribution is 2.40. The Morgan fingerprint density at radius 1 is 0.667 bits per heavy atom. The summed E-state index contributed by atoms with van der Waals surface area (Å²) in [7, 11) is 0. The molecule has 0 heterocycles. The van der Waals surface area contributed by atoms with Gasteiger partial charge in [-0.2, -0.15) is 0 Å². The van der Waals surface area contributed by atoms with E-state index in [1.165, 1.54) is 76.5 Å². The maximum Gasteiger partial charge on any atom is -0.00263 e. The van der Waals surface area contributed by atoms with Crippen molar-refractivity contribution < 1.29 is 0 Å². The molecule has 0 aromatic heterocycles. The summed E-state index contributed by atoms with van der Waals surface area (Å²) in [5, 5.41) is 7.83. The summed E-state index contributed by atoms with van der Waals surface area (Å²) in [6.45, 7) is 8.84. The third-order valence-electron chi connectivity index (χ3n) is 8.64. The summed E-state index contributed by atoms with van der Waals surface area (Å²) >= 11 is 0. The van der Waals surface area contributed by atoms with Gasteiger partial charge < -0.3 is 0 Å². The van der Waals surface area contributed by atoms with Gasteiger partial charge in [0.1, 0.15) is 0 Å². The molecule has 206 valence electrons. The van der Waals surface area contributed by atoms with Crippen LogP contribution in [0.25, 0.3) is 56.5 Å². The number of rotatable bonds is 6. The van der Waals surface area contributed by atoms with E-state index in [-0.39, 0.29) is 0 Å². The Morgan fingerprint density at radius 2 is 1.38 bits per heavy atom. The lowest BCUT2D eigenvalue weighted by atomic mass is 9.86. The monoisotopic (exact) mass is 542 g/mol. The van der Waals surface area contributed by atoms with Gasteiger partial charge in [0, 0.05) is 0 Å². The molecule has 0 saturated heterocycles. The fraction of sp³-hybridized carbons (Fsp3) is 0.143. The quantitative estimate of drug-likeness (QED) is 0.145. The smallest absolute Gasteiger partial charge is 0.00263 e. The molecule has 42 heavy (non-hydrogen) atoms. The van der Waals surface area contributed by atoms with Crippen LogP contribution in [0.4, 0.5) is 0 Å². The summed E-state index contributed by atoms with van der Waals surface area (Å²) in [6.07, 6.45) is 8.80. The number of fused-ring (bicyclic) bond motifs is 2. The molecular formula is C42H38. The van der Waals surface area contributed by atoms with E-state index in [1.54, 1.807) is 0 Å². The minimum absolute atomic E-state index is 0.893. The van der Waals surface area contributed by atoms with Crippen LogP contribution in [0.15, 0.2) is 115 Å². The van der Waals surface area contributed by atoms with E-state index in [9.17, 15) is 0 Å². The zero-order chi connectivity index (χ0) is 29.1. The second kappa shape index (κ2) is 12.0. The third kappa shape index (κ3) is 5.33. The van der Waals surface area contributed by atoms with Crippen LogP contribution in [-0.4, -0.2) is 0 Å². The minimum Gasteiger partial charge on any atom is -0.0798 e. The average Bonchev–Trinajstić information content (AvgIpc) is 3.04.